The number of hydrogen-bond acceptors (Lipinski definition) is 2. The van der Waals surface area contributed by atoms with Crippen LogP contribution in [0.5, 0.6) is 11.5 Å². The first-order chi connectivity index (χ1) is 35.2. The van der Waals surface area contributed by atoms with Gasteiger partial charge in [0, 0.05) is 35.2 Å². The molecule has 11 aromatic carbocycles. The highest BCUT2D eigenvalue weighted by molar-refractivity contribution is 6.15. The van der Waals surface area contributed by atoms with Gasteiger partial charge in [-0.05, 0) is 125 Å². The van der Waals surface area contributed by atoms with Crippen molar-refractivity contribution in [2.24, 2.45) is 0 Å². The third-order valence-corrected chi connectivity index (χ3v) is 13.9. The summed E-state index contributed by atoms with van der Waals surface area (Å²) in [5.74, 6) is 2.30. The SMILES string of the molecule is C1=[N+](c2cccc(Oc3ccc4c5ccccc5n(-c5ccccn5)c4c3)c2)c2ccc3ccccc3c2[N+]=1c1c(-c2ccccc2)cc(-c2c3ccccc3cc3ccccc23)cc1-c1ccccc1. The molecule has 0 bridgehead atoms. The molecular weight excluding hydrogens is 865 g/mol. The molecule has 1 aliphatic heterocycles. The Balaban J connectivity index is 0.999. The van der Waals surface area contributed by atoms with Crippen LogP contribution in [0.1, 0.15) is 0 Å². The molecule has 0 radical (unpaired) electrons. The van der Waals surface area contributed by atoms with Crippen LogP contribution in [0, 0.1) is 0 Å². The quantitative estimate of drug-likeness (QED) is 0.112. The van der Waals surface area contributed by atoms with E-state index in [1.165, 1.54) is 32.5 Å². The Morgan fingerprint density at radius 3 is 1.69 bits per heavy atom. The van der Waals surface area contributed by atoms with E-state index in [1.807, 2.05) is 30.5 Å². The maximum absolute atomic E-state index is 6.81. The summed E-state index contributed by atoms with van der Waals surface area (Å²) in [5.41, 5.74) is 13.0. The van der Waals surface area contributed by atoms with E-state index in [-0.39, 0.29) is 0 Å². The van der Waals surface area contributed by atoms with Crippen LogP contribution in [0.15, 0.2) is 255 Å². The fraction of sp³-hybridized carbons (Fsp3) is 0. The second-order valence-electron chi connectivity index (χ2n) is 18.1. The van der Waals surface area contributed by atoms with Gasteiger partial charge in [-0.2, -0.15) is 0 Å². The number of hydrogen-bond donors (Lipinski definition) is 0. The van der Waals surface area contributed by atoms with Gasteiger partial charge in [0.2, 0.25) is 11.4 Å². The normalized spacial score (nSPS) is 12.2. The van der Waals surface area contributed by atoms with Gasteiger partial charge in [-0.15, -0.1) is 0 Å². The molecule has 0 N–H and O–H groups in total. The zero-order valence-corrected chi connectivity index (χ0v) is 38.4. The van der Waals surface area contributed by atoms with Crippen molar-refractivity contribution in [3.05, 3.63) is 255 Å². The Kier molecular flexibility index (Phi) is 9.41. The standard InChI is InChI=1S/C66H42N4O/c1-3-18-44(19-4-1)58-39-49(64-53-27-10-8-23-47(53)38-48-24-9-11-28-54(48)64)40-59(45-20-5-2-6-21-45)65(58)69-43-68(61-36-33-46-22-7-12-29-55(46)66(61)69)50-25-17-26-51(41-50)71-52-34-35-57-56-30-13-14-31-60(56)70(62(57)42-52)63-32-15-16-37-67-63/h1-42H/q+2. The second-order valence-corrected chi connectivity index (χ2v) is 18.1. The first-order valence-electron chi connectivity index (χ1n) is 24.0. The van der Waals surface area contributed by atoms with Crippen LogP contribution in [0.2, 0.25) is 0 Å². The first-order valence-corrected chi connectivity index (χ1v) is 24.0. The molecule has 0 spiro atoms. The summed E-state index contributed by atoms with van der Waals surface area (Å²) in [6.45, 7) is 0. The van der Waals surface area contributed by atoms with E-state index < -0.39 is 0 Å². The summed E-state index contributed by atoms with van der Waals surface area (Å²) in [6, 6.07) is 92.5. The molecule has 13 aromatic rings. The van der Waals surface area contributed by atoms with Crippen molar-refractivity contribution in [1.82, 2.24) is 18.7 Å². The summed E-state index contributed by atoms with van der Waals surface area (Å²) in [4.78, 5) is 4.75. The molecule has 0 atom stereocenters. The third-order valence-electron chi connectivity index (χ3n) is 13.9. The highest BCUT2D eigenvalue weighted by Gasteiger charge is 2.41. The molecule has 71 heavy (non-hydrogen) atoms. The summed E-state index contributed by atoms with van der Waals surface area (Å²) in [5, 5.41) is 9.45. The lowest BCUT2D eigenvalue weighted by molar-refractivity contribution is 0.483. The van der Waals surface area contributed by atoms with Crippen LogP contribution in [-0.2, 0) is 0 Å². The van der Waals surface area contributed by atoms with Crippen LogP contribution in [0.25, 0.3) is 93.3 Å². The Hall–Kier alpha value is -9.67. The number of aromatic nitrogens is 2. The fourth-order valence-corrected chi connectivity index (χ4v) is 10.8. The van der Waals surface area contributed by atoms with Crippen LogP contribution >= 0.6 is 0 Å². The van der Waals surface area contributed by atoms with Crippen molar-refractivity contribution >= 4 is 82.9 Å². The van der Waals surface area contributed by atoms with E-state index in [4.69, 9.17) is 9.72 Å². The van der Waals surface area contributed by atoms with Crippen molar-refractivity contribution in [2.75, 3.05) is 0 Å². The van der Waals surface area contributed by atoms with Crippen molar-refractivity contribution in [3.63, 3.8) is 0 Å². The monoisotopic (exact) mass is 906 g/mol. The number of rotatable bonds is 8. The summed E-state index contributed by atoms with van der Waals surface area (Å²) >= 11 is 0. The molecule has 0 aliphatic carbocycles. The van der Waals surface area contributed by atoms with E-state index in [2.05, 4.69) is 244 Å². The van der Waals surface area contributed by atoms with E-state index in [9.17, 15) is 0 Å². The van der Waals surface area contributed by atoms with Gasteiger partial charge in [-0.25, -0.2) is 4.98 Å². The minimum Gasteiger partial charge on any atom is -0.457 e. The third kappa shape index (κ3) is 6.75. The molecule has 3 heterocycles. The topological polar surface area (TPSA) is 33.1 Å². The van der Waals surface area contributed by atoms with Gasteiger partial charge in [0.1, 0.15) is 17.3 Å². The predicted octanol–water partition coefficient (Wildman–Crippen LogP) is 17.3. The summed E-state index contributed by atoms with van der Waals surface area (Å²) in [6.07, 6.45) is 1.84. The molecule has 1 aliphatic rings. The number of benzene rings is 11. The van der Waals surface area contributed by atoms with E-state index in [1.54, 1.807) is 0 Å². The predicted molar refractivity (Wildman–Crippen MR) is 295 cm³/mol. The van der Waals surface area contributed by atoms with Crippen LogP contribution in [0.3, 0.4) is 0 Å². The molecular formula is C66H42N4O+2. The molecule has 14 rings (SSSR count). The largest absolute Gasteiger partial charge is 0.503 e. The van der Waals surface area contributed by atoms with Gasteiger partial charge < -0.3 is 4.74 Å². The van der Waals surface area contributed by atoms with Crippen LogP contribution in [0.4, 0.5) is 22.7 Å². The number of pyridine rings is 1. The van der Waals surface area contributed by atoms with Gasteiger partial charge in [-0.1, -0.05) is 158 Å². The molecule has 2 aromatic heterocycles. The lowest BCUT2D eigenvalue weighted by Gasteiger charge is -2.17. The summed E-state index contributed by atoms with van der Waals surface area (Å²) < 4.78 is 13.5. The first kappa shape index (κ1) is 40.4. The van der Waals surface area contributed by atoms with Gasteiger partial charge in [0.05, 0.1) is 33.6 Å². The minimum absolute atomic E-state index is 0.714. The Bertz CT molecular complexity index is 4230. The maximum atomic E-state index is 6.81. The number of ether oxygens (including phenoxy) is 1. The molecule has 5 nitrogen and oxygen atoms in total. The highest BCUT2D eigenvalue weighted by atomic mass is 16.5. The minimum atomic E-state index is 0.714. The molecule has 0 fully saturated rings. The molecule has 0 saturated carbocycles. The molecule has 0 saturated heterocycles. The smallest absolute Gasteiger partial charge is 0.457 e. The number of nitrogens with zero attached hydrogens (tertiary/aromatic N) is 4. The van der Waals surface area contributed by atoms with Crippen LogP contribution < -0.4 is 13.9 Å². The average Bonchev–Trinajstić information content (AvgIpc) is 3.99. The lowest BCUT2D eigenvalue weighted by Crippen LogP contribution is -2.05. The van der Waals surface area contributed by atoms with Crippen molar-refractivity contribution in [2.45, 2.75) is 0 Å². The molecule has 330 valence electrons. The van der Waals surface area contributed by atoms with E-state index in [0.717, 1.165) is 89.3 Å². The zero-order chi connectivity index (χ0) is 46.8. The Morgan fingerprint density at radius 2 is 0.986 bits per heavy atom. The van der Waals surface area contributed by atoms with Crippen LogP contribution in [-0.4, -0.2) is 15.6 Å². The molecule has 0 amide bonds. The summed E-state index contributed by atoms with van der Waals surface area (Å²) in [7, 11) is 0. The fourth-order valence-electron chi connectivity index (χ4n) is 10.8. The zero-order valence-electron chi connectivity index (χ0n) is 38.4. The average molecular weight is 907 g/mol. The highest BCUT2D eigenvalue weighted by Crippen LogP contribution is 2.50. The van der Waals surface area contributed by atoms with E-state index in [0.29, 0.717) is 5.75 Å². The van der Waals surface area contributed by atoms with Gasteiger partial charge in [-0.3, -0.25) is 4.57 Å². The lowest BCUT2D eigenvalue weighted by atomic mass is 9.86. The molecule has 5 heteroatoms. The van der Waals surface area contributed by atoms with Crippen molar-refractivity contribution < 1.29 is 4.74 Å². The maximum Gasteiger partial charge on any atom is 0.503 e. The Morgan fingerprint density at radius 1 is 0.380 bits per heavy atom. The van der Waals surface area contributed by atoms with Gasteiger partial charge in [0.15, 0.2) is 0 Å². The number of fused-ring (bicyclic) bond motifs is 8. The van der Waals surface area contributed by atoms with E-state index >= 15 is 0 Å². The van der Waals surface area contributed by atoms with Gasteiger partial charge in [0.25, 0.3) is 5.69 Å². The van der Waals surface area contributed by atoms with Crippen molar-refractivity contribution in [1.29, 1.82) is 0 Å². The number of para-hydroxylation sites is 1. The second kappa shape index (κ2) is 16.5. The van der Waals surface area contributed by atoms with Gasteiger partial charge >= 0.3 is 11.7 Å². The molecule has 0 unspecified atom stereocenters. The Labute approximate surface area is 410 Å². The van der Waals surface area contributed by atoms with Crippen molar-refractivity contribution in [3.8, 4) is 50.7 Å².